The van der Waals surface area contributed by atoms with Crippen LogP contribution in [0.2, 0.25) is 0 Å². The number of hydrogen-bond donors (Lipinski definition) is 1. The lowest BCUT2D eigenvalue weighted by atomic mass is 9.97. The Hall–Kier alpha value is -0.760. The lowest BCUT2D eigenvalue weighted by molar-refractivity contribution is 0.361. The van der Waals surface area contributed by atoms with Gasteiger partial charge in [0.1, 0.15) is 11.5 Å². The number of hydrogen-bond acceptors (Lipinski definition) is 2. The molecule has 0 radical (unpaired) electrons. The summed E-state index contributed by atoms with van der Waals surface area (Å²) in [6.45, 7) is 4.07. The van der Waals surface area contributed by atoms with Crippen molar-refractivity contribution in [2.24, 2.45) is 11.7 Å². The van der Waals surface area contributed by atoms with Crippen molar-refractivity contribution in [1.29, 1.82) is 0 Å². The molecule has 1 aliphatic rings. The van der Waals surface area contributed by atoms with E-state index in [-0.39, 0.29) is 6.04 Å². The lowest BCUT2D eigenvalue weighted by Gasteiger charge is -2.15. The molecule has 0 amide bonds. The van der Waals surface area contributed by atoms with Gasteiger partial charge in [0.05, 0.1) is 6.04 Å². The molecule has 0 aromatic carbocycles. The smallest absolute Gasteiger partial charge is 0.121 e. The Bertz CT molecular complexity index is 291. The van der Waals surface area contributed by atoms with Crippen molar-refractivity contribution in [3.8, 4) is 0 Å². The Morgan fingerprint density at radius 1 is 1.36 bits per heavy atom. The number of rotatable bonds is 2. The van der Waals surface area contributed by atoms with E-state index >= 15 is 0 Å². The molecule has 0 aliphatic heterocycles. The molecule has 2 rings (SSSR count). The molecule has 1 aromatic heterocycles. The van der Waals surface area contributed by atoms with Crippen molar-refractivity contribution in [3.05, 3.63) is 23.2 Å². The molecule has 1 saturated carbocycles. The zero-order valence-electron chi connectivity index (χ0n) is 9.05. The summed E-state index contributed by atoms with van der Waals surface area (Å²) >= 11 is 0. The molecule has 0 saturated heterocycles. The largest absolute Gasteiger partial charge is 0.464 e. The molecule has 0 bridgehead atoms. The molecule has 1 fully saturated rings. The summed E-state index contributed by atoms with van der Waals surface area (Å²) in [4.78, 5) is 0. The Kier molecular flexibility index (Phi) is 2.64. The van der Waals surface area contributed by atoms with E-state index in [4.69, 9.17) is 10.2 Å². The van der Waals surface area contributed by atoms with Crippen LogP contribution in [-0.2, 0) is 0 Å². The van der Waals surface area contributed by atoms with E-state index in [2.05, 4.69) is 13.0 Å². The fourth-order valence-electron chi connectivity index (χ4n) is 2.31. The van der Waals surface area contributed by atoms with E-state index < -0.39 is 0 Å². The SMILES string of the molecule is Cc1cc([C@H](N)C2CCCC2)oc1C. The number of furan rings is 1. The molecule has 0 spiro atoms. The van der Waals surface area contributed by atoms with E-state index in [1.807, 2.05) is 6.92 Å². The van der Waals surface area contributed by atoms with Crippen molar-refractivity contribution >= 4 is 0 Å². The minimum atomic E-state index is 0.116. The Labute approximate surface area is 85.5 Å². The van der Waals surface area contributed by atoms with Crippen LogP contribution in [0.1, 0.15) is 48.8 Å². The molecule has 1 heterocycles. The van der Waals surface area contributed by atoms with Crippen molar-refractivity contribution in [2.75, 3.05) is 0 Å². The molecule has 1 atom stereocenters. The van der Waals surface area contributed by atoms with Gasteiger partial charge in [-0.3, -0.25) is 0 Å². The van der Waals surface area contributed by atoms with Crippen LogP contribution in [0.3, 0.4) is 0 Å². The van der Waals surface area contributed by atoms with Crippen LogP contribution >= 0.6 is 0 Å². The third-order valence-electron chi connectivity index (χ3n) is 3.42. The first-order valence-corrected chi connectivity index (χ1v) is 5.51. The fourth-order valence-corrected chi connectivity index (χ4v) is 2.31. The van der Waals surface area contributed by atoms with Crippen LogP contribution in [-0.4, -0.2) is 0 Å². The van der Waals surface area contributed by atoms with Crippen LogP contribution < -0.4 is 5.73 Å². The van der Waals surface area contributed by atoms with Crippen LogP contribution in [0, 0.1) is 19.8 Å². The van der Waals surface area contributed by atoms with Gasteiger partial charge >= 0.3 is 0 Å². The third-order valence-corrected chi connectivity index (χ3v) is 3.42. The fraction of sp³-hybridized carbons (Fsp3) is 0.667. The van der Waals surface area contributed by atoms with Crippen LogP contribution in [0.5, 0.6) is 0 Å². The molecule has 2 heteroatoms. The van der Waals surface area contributed by atoms with Crippen molar-refractivity contribution in [3.63, 3.8) is 0 Å². The standard InChI is InChI=1S/C12H19NO/c1-8-7-11(14-9(8)2)12(13)10-5-3-4-6-10/h7,10,12H,3-6,13H2,1-2H3/t12-/m1/s1. The van der Waals surface area contributed by atoms with Gasteiger partial charge in [0.2, 0.25) is 0 Å². The highest BCUT2D eigenvalue weighted by atomic mass is 16.3. The summed E-state index contributed by atoms with van der Waals surface area (Å²) < 4.78 is 5.66. The highest BCUT2D eigenvalue weighted by Crippen LogP contribution is 2.35. The molecule has 1 aliphatic carbocycles. The van der Waals surface area contributed by atoms with Gasteiger partial charge in [-0.2, -0.15) is 0 Å². The van der Waals surface area contributed by atoms with Gasteiger partial charge in [0, 0.05) is 0 Å². The van der Waals surface area contributed by atoms with Gasteiger partial charge < -0.3 is 10.2 Å². The lowest BCUT2D eigenvalue weighted by Crippen LogP contribution is -2.18. The topological polar surface area (TPSA) is 39.2 Å². The van der Waals surface area contributed by atoms with Gasteiger partial charge in [-0.25, -0.2) is 0 Å². The van der Waals surface area contributed by atoms with E-state index in [9.17, 15) is 0 Å². The predicted octanol–water partition coefficient (Wildman–Crippen LogP) is 3.09. The molecular weight excluding hydrogens is 174 g/mol. The van der Waals surface area contributed by atoms with Gasteiger partial charge in [-0.15, -0.1) is 0 Å². The maximum absolute atomic E-state index is 6.19. The van der Waals surface area contributed by atoms with Gasteiger partial charge in [-0.05, 0) is 44.2 Å². The third kappa shape index (κ3) is 1.71. The Morgan fingerprint density at radius 3 is 2.50 bits per heavy atom. The van der Waals surface area contributed by atoms with E-state index in [0.717, 1.165) is 11.5 Å². The summed E-state index contributed by atoms with van der Waals surface area (Å²) in [5.41, 5.74) is 7.40. The second-order valence-corrected chi connectivity index (χ2v) is 4.46. The van der Waals surface area contributed by atoms with E-state index in [0.29, 0.717) is 5.92 Å². The monoisotopic (exact) mass is 193 g/mol. The molecule has 2 nitrogen and oxygen atoms in total. The molecule has 78 valence electrons. The average Bonchev–Trinajstić information content (AvgIpc) is 2.76. The average molecular weight is 193 g/mol. The van der Waals surface area contributed by atoms with E-state index in [1.54, 1.807) is 0 Å². The maximum atomic E-state index is 6.19. The van der Waals surface area contributed by atoms with Crippen LogP contribution in [0.25, 0.3) is 0 Å². The predicted molar refractivity (Wildman–Crippen MR) is 57.1 cm³/mol. The Balaban J connectivity index is 2.13. The first-order chi connectivity index (χ1) is 6.68. The normalized spacial score (nSPS) is 20.2. The molecule has 2 N–H and O–H groups in total. The summed E-state index contributed by atoms with van der Waals surface area (Å²) in [7, 11) is 0. The minimum Gasteiger partial charge on any atom is -0.464 e. The van der Waals surface area contributed by atoms with Crippen LogP contribution in [0.15, 0.2) is 10.5 Å². The van der Waals surface area contributed by atoms with E-state index in [1.165, 1.54) is 31.2 Å². The molecule has 1 aromatic rings. The van der Waals surface area contributed by atoms with Gasteiger partial charge in [0.25, 0.3) is 0 Å². The highest BCUT2D eigenvalue weighted by Gasteiger charge is 2.25. The second-order valence-electron chi connectivity index (χ2n) is 4.46. The second kappa shape index (κ2) is 3.77. The molecule has 0 unspecified atom stereocenters. The zero-order chi connectivity index (χ0) is 10.1. The van der Waals surface area contributed by atoms with Crippen molar-refractivity contribution < 1.29 is 4.42 Å². The molecular formula is C12H19NO. The Morgan fingerprint density at radius 2 is 2.00 bits per heavy atom. The summed E-state index contributed by atoms with van der Waals surface area (Å²) in [5, 5.41) is 0. The van der Waals surface area contributed by atoms with Crippen molar-refractivity contribution in [1.82, 2.24) is 0 Å². The maximum Gasteiger partial charge on any atom is 0.121 e. The summed E-state index contributed by atoms with van der Waals surface area (Å²) in [6.07, 6.45) is 5.19. The first kappa shape index (κ1) is 9.78. The quantitative estimate of drug-likeness (QED) is 0.784. The number of nitrogens with two attached hydrogens (primary N) is 1. The van der Waals surface area contributed by atoms with Crippen molar-refractivity contribution in [2.45, 2.75) is 45.6 Å². The summed E-state index contributed by atoms with van der Waals surface area (Å²) in [6, 6.07) is 2.21. The highest BCUT2D eigenvalue weighted by molar-refractivity contribution is 5.21. The first-order valence-electron chi connectivity index (χ1n) is 5.51. The summed E-state index contributed by atoms with van der Waals surface area (Å²) in [5.74, 6) is 2.63. The zero-order valence-corrected chi connectivity index (χ0v) is 9.05. The molecule has 14 heavy (non-hydrogen) atoms. The minimum absolute atomic E-state index is 0.116. The van der Waals surface area contributed by atoms with Gasteiger partial charge in [0.15, 0.2) is 0 Å². The van der Waals surface area contributed by atoms with Gasteiger partial charge in [-0.1, -0.05) is 12.8 Å². The van der Waals surface area contributed by atoms with Crippen LogP contribution in [0.4, 0.5) is 0 Å². The number of aryl methyl sites for hydroxylation is 2.